The molecule has 7 nitrogen and oxygen atoms in total. The second kappa shape index (κ2) is 8.57. The van der Waals surface area contributed by atoms with Gasteiger partial charge in [0, 0.05) is 23.9 Å². The number of nitro groups is 1. The normalized spacial score (nSPS) is 10.5. The number of carbonyl (C=O) groups is 2. The second-order valence-corrected chi connectivity index (χ2v) is 5.42. The quantitative estimate of drug-likeness (QED) is 0.369. The van der Waals surface area contributed by atoms with Crippen molar-refractivity contribution in [2.45, 2.75) is 13.8 Å². The van der Waals surface area contributed by atoms with Crippen molar-refractivity contribution >= 4 is 29.3 Å². The summed E-state index contributed by atoms with van der Waals surface area (Å²) in [5.41, 5.74) is 2.39. The number of hydrogen-bond acceptors (Lipinski definition) is 5. The molecule has 0 atom stereocenters. The molecular weight excluding hydrogens is 336 g/mol. The molecular formula is C19H18N2O5. The second-order valence-electron chi connectivity index (χ2n) is 5.42. The van der Waals surface area contributed by atoms with E-state index in [1.807, 2.05) is 0 Å². The number of carbonyl (C=O) groups excluding carboxylic acids is 2. The van der Waals surface area contributed by atoms with Crippen molar-refractivity contribution in [3.63, 3.8) is 0 Å². The van der Waals surface area contributed by atoms with E-state index in [0.717, 1.165) is 5.56 Å². The molecule has 0 radical (unpaired) electrons. The van der Waals surface area contributed by atoms with Gasteiger partial charge in [-0.25, -0.2) is 4.79 Å². The van der Waals surface area contributed by atoms with Gasteiger partial charge < -0.3 is 10.1 Å². The number of anilines is 1. The summed E-state index contributed by atoms with van der Waals surface area (Å²) in [5.74, 6) is -0.762. The Balaban J connectivity index is 2.03. The molecule has 2 aromatic rings. The lowest BCUT2D eigenvalue weighted by molar-refractivity contribution is -0.384. The van der Waals surface area contributed by atoms with E-state index in [0.29, 0.717) is 23.4 Å². The molecule has 1 amide bonds. The van der Waals surface area contributed by atoms with Crippen LogP contribution in [0.5, 0.6) is 0 Å². The summed E-state index contributed by atoms with van der Waals surface area (Å²) in [4.78, 5) is 33.9. The maximum absolute atomic E-state index is 12.0. The molecule has 7 heteroatoms. The molecule has 2 rings (SSSR count). The molecule has 0 aliphatic heterocycles. The molecule has 0 aliphatic rings. The van der Waals surface area contributed by atoms with Crippen LogP contribution in [0.4, 0.5) is 11.4 Å². The van der Waals surface area contributed by atoms with Gasteiger partial charge in [-0.2, -0.15) is 0 Å². The average Bonchev–Trinajstić information content (AvgIpc) is 2.62. The Bertz CT molecular complexity index is 857. The average molecular weight is 354 g/mol. The smallest absolute Gasteiger partial charge is 0.338 e. The van der Waals surface area contributed by atoms with Crippen LogP contribution < -0.4 is 5.32 Å². The molecule has 1 N–H and O–H groups in total. The van der Waals surface area contributed by atoms with Crippen LogP contribution in [0.25, 0.3) is 6.08 Å². The minimum atomic E-state index is -0.483. The number of aryl methyl sites for hydroxylation is 1. The van der Waals surface area contributed by atoms with E-state index >= 15 is 0 Å². The number of amides is 1. The molecule has 0 spiro atoms. The third-order valence-corrected chi connectivity index (χ3v) is 3.53. The summed E-state index contributed by atoms with van der Waals surface area (Å²) >= 11 is 0. The monoisotopic (exact) mass is 354 g/mol. The topological polar surface area (TPSA) is 98.5 Å². The van der Waals surface area contributed by atoms with Crippen molar-refractivity contribution in [3.05, 3.63) is 75.3 Å². The Morgan fingerprint density at radius 2 is 1.88 bits per heavy atom. The van der Waals surface area contributed by atoms with Gasteiger partial charge in [-0.1, -0.05) is 0 Å². The number of ether oxygens (including phenoxy) is 1. The highest BCUT2D eigenvalue weighted by Gasteiger charge is 2.09. The van der Waals surface area contributed by atoms with E-state index in [9.17, 15) is 19.7 Å². The molecule has 0 bridgehead atoms. The van der Waals surface area contributed by atoms with E-state index in [2.05, 4.69) is 5.32 Å². The third kappa shape index (κ3) is 5.01. The number of esters is 1. The van der Waals surface area contributed by atoms with Gasteiger partial charge in [0.05, 0.1) is 17.1 Å². The van der Waals surface area contributed by atoms with E-state index in [1.54, 1.807) is 50.3 Å². The minimum absolute atomic E-state index is 0.0103. The van der Waals surface area contributed by atoms with Crippen molar-refractivity contribution in [3.8, 4) is 0 Å². The first-order valence-corrected chi connectivity index (χ1v) is 7.92. The Labute approximate surface area is 150 Å². The van der Waals surface area contributed by atoms with Crippen LogP contribution in [0.2, 0.25) is 0 Å². The van der Waals surface area contributed by atoms with Crippen LogP contribution in [0.3, 0.4) is 0 Å². The van der Waals surface area contributed by atoms with Gasteiger partial charge in [-0.15, -0.1) is 0 Å². The van der Waals surface area contributed by atoms with Crippen molar-refractivity contribution in [2.75, 3.05) is 11.9 Å². The largest absolute Gasteiger partial charge is 0.462 e. The summed E-state index contributed by atoms with van der Waals surface area (Å²) in [7, 11) is 0. The molecule has 0 aromatic heterocycles. The Morgan fingerprint density at radius 1 is 1.19 bits per heavy atom. The first-order chi connectivity index (χ1) is 12.4. The summed E-state index contributed by atoms with van der Waals surface area (Å²) in [6, 6.07) is 10.7. The zero-order valence-electron chi connectivity index (χ0n) is 14.4. The Kier molecular flexibility index (Phi) is 6.21. The molecule has 0 heterocycles. The van der Waals surface area contributed by atoms with Crippen LogP contribution in [-0.2, 0) is 9.53 Å². The number of nitrogens with zero attached hydrogens (tertiary/aromatic N) is 1. The lowest BCUT2D eigenvalue weighted by Crippen LogP contribution is -2.10. The van der Waals surface area contributed by atoms with E-state index < -0.39 is 10.9 Å². The van der Waals surface area contributed by atoms with E-state index in [4.69, 9.17) is 4.74 Å². The van der Waals surface area contributed by atoms with Crippen molar-refractivity contribution in [1.82, 2.24) is 0 Å². The predicted molar refractivity (Wildman–Crippen MR) is 97.9 cm³/mol. The number of non-ortho nitro benzene ring substituents is 1. The number of nitrogens with one attached hydrogen (secondary N) is 1. The lowest BCUT2D eigenvalue weighted by atomic mass is 10.1. The maximum atomic E-state index is 12.0. The van der Waals surface area contributed by atoms with Crippen molar-refractivity contribution in [2.24, 2.45) is 0 Å². The molecule has 0 aliphatic carbocycles. The third-order valence-electron chi connectivity index (χ3n) is 3.53. The number of hydrogen-bond donors (Lipinski definition) is 1. The molecule has 0 unspecified atom stereocenters. The number of nitro benzene ring substituents is 1. The highest BCUT2D eigenvalue weighted by Crippen LogP contribution is 2.18. The van der Waals surface area contributed by atoms with Gasteiger partial charge in [0.1, 0.15) is 0 Å². The van der Waals surface area contributed by atoms with E-state index in [1.165, 1.54) is 18.2 Å². The molecule has 0 saturated carbocycles. The standard InChI is InChI=1S/C19H18N2O5/c1-3-26-19(23)15-7-10-17(13(2)12-15)20-18(22)11-6-14-4-8-16(9-5-14)21(24)25/h4-12H,3H2,1-2H3,(H,20,22)/b11-6+. The summed E-state index contributed by atoms with van der Waals surface area (Å²) in [6.07, 6.45) is 2.89. The zero-order chi connectivity index (χ0) is 19.1. The summed E-state index contributed by atoms with van der Waals surface area (Å²) in [5, 5.41) is 13.3. The number of rotatable bonds is 6. The first kappa shape index (κ1) is 18.9. The molecule has 0 saturated heterocycles. The van der Waals surface area contributed by atoms with Crippen LogP contribution in [0.1, 0.15) is 28.4 Å². The van der Waals surface area contributed by atoms with Crippen LogP contribution in [0.15, 0.2) is 48.5 Å². The highest BCUT2D eigenvalue weighted by atomic mass is 16.6. The molecule has 2 aromatic carbocycles. The molecule has 134 valence electrons. The SMILES string of the molecule is CCOC(=O)c1ccc(NC(=O)/C=C/c2ccc([N+](=O)[O-])cc2)c(C)c1. The fraction of sp³-hybridized carbons (Fsp3) is 0.158. The van der Waals surface area contributed by atoms with Gasteiger partial charge in [0.25, 0.3) is 5.69 Å². The van der Waals surface area contributed by atoms with Crippen molar-refractivity contribution in [1.29, 1.82) is 0 Å². The Morgan fingerprint density at radius 3 is 2.46 bits per heavy atom. The predicted octanol–water partition coefficient (Wildman–Crippen LogP) is 3.73. The lowest BCUT2D eigenvalue weighted by Gasteiger charge is -2.08. The molecule has 26 heavy (non-hydrogen) atoms. The minimum Gasteiger partial charge on any atom is -0.462 e. The fourth-order valence-corrected chi connectivity index (χ4v) is 2.20. The maximum Gasteiger partial charge on any atom is 0.338 e. The fourth-order valence-electron chi connectivity index (χ4n) is 2.20. The van der Waals surface area contributed by atoms with Crippen LogP contribution in [-0.4, -0.2) is 23.4 Å². The highest BCUT2D eigenvalue weighted by molar-refractivity contribution is 6.02. The van der Waals surface area contributed by atoms with Crippen LogP contribution >= 0.6 is 0 Å². The van der Waals surface area contributed by atoms with Gasteiger partial charge in [-0.05, 0) is 61.4 Å². The molecule has 0 fully saturated rings. The zero-order valence-corrected chi connectivity index (χ0v) is 14.4. The van der Waals surface area contributed by atoms with Gasteiger partial charge in [0.15, 0.2) is 0 Å². The van der Waals surface area contributed by atoms with Gasteiger partial charge in [0.2, 0.25) is 5.91 Å². The number of benzene rings is 2. The summed E-state index contributed by atoms with van der Waals surface area (Å²) in [6.45, 7) is 3.80. The Hall–Kier alpha value is -3.48. The van der Waals surface area contributed by atoms with Gasteiger partial charge in [-0.3, -0.25) is 14.9 Å². The first-order valence-electron chi connectivity index (χ1n) is 7.92. The summed E-state index contributed by atoms with van der Waals surface area (Å²) < 4.78 is 4.94. The van der Waals surface area contributed by atoms with E-state index in [-0.39, 0.29) is 11.6 Å². The van der Waals surface area contributed by atoms with Gasteiger partial charge >= 0.3 is 5.97 Å². The van der Waals surface area contributed by atoms with Crippen molar-refractivity contribution < 1.29 is 19.2 Å². The van der Waals surface area contributed by atoms with Crippen LogP contribution in [0, 0.1) is 17.0 Å².